The van der Waals surface area contributed by atoms with E-state index in [9.17, 15) is 14.9 Å². The average Bonchev–Trinajstić information content (AvgIpc) is 2.87. The van der Waals surface area contributed by atoms with E-state index in [0.717, 1.165) is 12.0 Å². The van der Waals surface area contributed by atoms with Crippen LogP contribution in [-0.2, 0) is 14.3 Å². The molecule has 0 aliphatic rings. The van der Waals surface area contributed by atoms with Crippen molar-refractivity contribution in [1.82, 2.24) is 5.32 Å². The molecule has 0 spiro atoms. The first-order chi connectivity index (χ1) is 17.4. The summed E-state index contributed by atoms with van der Waals surface area (Å²) in [5, 5.41) is 11.8. The van der Waals surface area contributed by atoms with E-state index in [-0.39, 0.29) is 5.57 Å². The van der Waals surface area contributed by atoms with Crippen LogP contribution in [0.25, 0.3) is 12.2 Å². The van der Waals surface area contributed by atoms with Crippen LogP contribution in [0, 0.1) is 17.2 Å². The van der Waals surface area contributed by atoms with Crippen LogP contribution in [0.1, 0.15) is 31.4 Å². The molecule has 0 heterocycles. The lowest BCUT2D eigenvalue weighted by molar-refractivity contribution is -0.128. The smallest absolute Gasteiger partial charge is 0.336 e. The molecule has 0 saturated carbocycles. The van der Waals surface area contributed by atoms with Crippen molar-refractivity contribution in [2.24, 2.45) is 5.92 Å². The minimum Gasteiger partial charge on any atom is -0.493 e. The number of amides is 1. The molecule has 0 bridgehead atoms. The first-order valence-electron chi connectivity index (χ1n) is 11.6. The summed E-state index contributed by atoms with van der Waals surface area (Å²) in [5.41, 5.74) is 1.34. The molecule has 36 heavy (non-hydrogen) atoms. The Bertz CT molecular complexity index is 1110. The highest BCUT2D eigenvalue weighted by Gasteiger charge is 2.09. The summed E-state index contributed by atoms with van der Waals surface area (Å²) in [7, 11) is 3.09. The minimum atomic E-state index is -0.551. The van der Waals surface area contributed by atoms with Gasteiger partial charge in [0.05, 0.1) is 20.3 Å². The monoisotopic (exact) mass is 492 g/mol. The van der Waals surface area contributed by atoms with Crippen molar-refractivity contribution >= 4 is 24.0 Å². The standard InChI is InChI=1S/C28H32N2O6/c1-20(2)13-15-35-25-11-7-22(18-26(25)34-4)8-12-27(31)36-24-9-5-21(6-10-24)17-23(19-29)28(32)30-14-16-33-3/h5-12,17-18,20H,13-16H2,1-4H3,(H,30,32)/b12-8+,23-17+. The third-order valence-electron chi connectivity index (χ3n) is 4.92. The molecule has 0 atom stereocenters. The van der Waals surface area contributed by atoms with Crippen molar-refractivity contribution in [2.75, 3.05) is 34.0 Å². The number of benzene rings is 2. The van der Waals surface area contributed by atoms with Crippen LogP contribution in [0.3, 0.4) is 0 Å². The molecule has 190 valence electrons. The van der Waals surface area contributed by atoms with Gasteiger partial charge in [-0.05, 0) is 59.9 Å². The van der Waals surface area contributed by atoms with Gasteiger partial charge in [-0.3, -0.25) is 4.79 Å². The van der Waals surface area contributed by atoms with Crippen molar-refractivity contribution in [3.63, 3.8) is 0 Å². The number of nitrogens with zero attached hydrogens (tertiary/aromatic N) is 1. The maximum atomic E-state index is 12.3. The summed E-state index contributed by atoms with van der Waals surface area (Å²) in [6.07, 6.45) is 5.34. The molecular weight excluding hydrogens is 460 g/mol. The Morgan fingerprint density at radius 2 is 1.75 bits per heavy atom. The highest BCUT2D eigenvalue weighted by molar-refractivity contribution is 6.01. The van der Waals surface area contributed by atoms with Crippen LogP contribution < -0.4 is 19.5 Å². The summed E-state index contributed by atoms with van der Waals surface area (Å²) in [4.78, 5) is 24.3. The zero-order valence-electron chi connectivity index (χ0n) is 21.1. The lowest BCUT2D eigenvalue weighted by Crippen LogP contribution is -2.27. The van der Waals surface area contributed by atoms with Gasteiger partial charge >= 0.3 is 5.97 Å². The lowest BCUT2D eigenvalue weighted by atomic mass is 10.1. The Morgan fingerprint density at radius 3 is 2.39 bits per heavy atom. The predicted octanol–water partition coefficient (Wildman–Crippen LogP) is 4.41. The Balaban J connectivity index is 1.97. The fourth-order valence-corrected chi connectivity index (χ4v) is 2.94. The molecule has 2 aromatic carbocycles. The van der Waals surface area contributed by atoms with Gasteiger partial charge < -0.3 is 24.3 Å². The average molecular weight is 493 g/mol. The fraction of sp³-hybridized carbons (Fsp3) is 0.321. The molecule has 0 aliphatic heterocycles. The number of nitrogens with one attached hydrogen (secondary N) is 1. The molecule has 8 heteroatoms. The van der Waals surface area contributed by atoms with Gasteiger partial charge in [0, 0.05) is 19.7 Å². The third-order valence-corrected chi connectivity index (χ3v) is 4.92. The van der Waals surface area contributed by atoms with Gasteiger partial charge in [0.2, 0.25) is 0 Å². The Morgan fingerprint density at radius 1 is 1.03 bits per heavy atom. The van der Waals surface area contributed by atoms with Gasteiger partial charge in [-0.2, -0.15) is 5.26 Å². The molecule has 8 nitrogen and oxygen atoms in total. The molecule has 0 aliphatic carbocycles. The van der Waals surface area contributed by atoms with Gasteiger partial charge in [-0.15, -0.1) is 0 Å². The molecule has 0 saturated heterocycles. The zero-order chi connectivity index (χ0) is 26.3. The molecule has 0 fully saturated rings. The highest BCUT2D eigenvalue weighted by atomic mass is 16.5. The summed E-state index contributed by atoms with van der Waals surface area (Å²) in [6, 6.07) is 13.8. The Kier molecular flexibility index (Phi) is 11.7. The fourth-order valence-electron chi connectivity index (χ4n) is 2.94. The maximum Gasteiger partial charge on any atom is 0.336 e. The van der Waals surface area contributed by atoms with Gasteiger partial charge in [0.15, 0.2) is 11.5 Å². The molecule has 0 radical (unpaired) electrons. The summed E-state index contributed by atoms with van der Waals surface area (Å²) < 4.78 is 21.4. The van der Waals surface area contributed by atoms with Gasteiger partial charge in [-0.25, -0.2) is 4.79 Å². The van der Waals surface area contributed by atoms with E-state index >= 15 is 0 Å². The quantitative estimate of drug-likeness (QED) is 0.145. The van der Waals surface area contributed by atoms with Crippen molar-refractivity contribution in [3.8, 4) is 23.3 Å². The number of rotatable bonds is 13. The first-order valence-corrected chi connectivity index (χ1v) is 11.6. The Hall–Kier alpha value is -4.09. The number of carbonyl (C=O) groups excluding carboxylic acids is 2. The number of ether oxygens (including phenoxy) is 4. The van der Waals surface area contributed by atoms with E-state index in [2.05, 4.69) is 19.2 Å². The van der Waals surface area contributed by atoms with Crippen LogP contribution in [0.15, 0.2) is 54.1 Å². The normalized spacial score (nSPS) is 11.3. The van der Waals surface area contributed by atoms with Crippen molar-refractivity contribution < 1.29 is 28.5 Å². The highest BCUT2D eigenvalue weighted by Crippen LogP contribution is 2.29. The van der Waals surface area contributed by atoms with Gasteiger partial charge in [0.25, 0.3) is 5.91 Å². The number of hydrogen-bond acceptors (Lipinski definition) is 7. The number of esters is 1. The number of methoxy groups -OCH3 is 2. The van der Waals surface area contributed by atoms with Crippen LogP contribution in [-0.4, -0.2) is 45.9 Å². The predicted molar refractivity (Wildman–Crippen MR) is 138 cm³/mol. The van der Waals surface area contributed by atoms with Crippen LogP contribution in [0.4, 0.5) is 0 Å². The van der Waals surface area contributed by atoms with Crippen molar-refractivity contribution in [1.29, 1.82) is 5.26 Å². The van der Waals surface area contributed by atoms with Crippen LogP contribution >= 0.6 is 0 Å². The van der Waals surface area contributed by atoms with Gasteiger partial charge in [-0.1, -0.05) is 32.0 Å². The minimum absolute atomic E-state index is 0.0365. The maximum absolute atomic E-state index is 12.3. The largest absolute Gasteiger partial charge is 0.493 e. The number of carbonyl (C=O) groups is 2. The molecule has 2 rings (SSSR count). The van der Waals surface area contributed by atoms with Crippen molar-refractivity contribution in [3.05, 3.63) is 65.2 Å². The molecule has 0 aromatic heterocycles. The lowest BCUT2D eigenvalue weighted by Gasteiger charge is -2.12. The number of hydrogen-bond donors (Lipinski definition) is 1. The van der Waals surface area contributed by atoms with E-state index in [0.29, 0.717) is 48.5 Å². The van der Waals surface area contributed by atoms with E-state index < -0.39 is 11.9 Å². The van der Waals surface area contributed by atoms with E-state index in [4.69, 9.17) is 18.9 Å². The second-order valence-corrected chi connectivity index (χ2v) is 8.18. The molecule has 2 aromatic rings. The van der Waals surface area contributed by atoms with Crippen molar-refractivity contribution in [2.45, 2.75) is 20.3 Å². The van der Waals surface area contributed by atoms with Crippen LogP contribution in [0.5, 0.6) is 17.2 Å². The molecule has 0 unspecified atom stereocenters. The zero-order valence-corrected chi connectivity index (χ0v) is 21.1. The first kappa shape index (κ1) is 28.1. The summed E-state index contributed by atoms with van der Waals surface area (Å²) in [5.74, 6) is 1.08. The van der Waals surface area contributed by atoms with E-state index in [1.54, 1.807) is 43.5 Å². The Labute approximate surface area is 212 Å². The van der Waals surface area contributed by atoms with E-state index in [1.807, 2.05) is 18.2 Å². The molecule has 1 N–H and O–H groups in total. The second kappa shape index (κ2) is 15.0. The van der Waals surface area contributed by atoms with E-state index in [1.165, 1.54) is 19.3 Å². The van der Waals surface area contributed by atoms with Gasteiger partial charge in [0.1, 0.15) is 17.4 Å². The molecular formula is C28H32N2O6. The SMILES string of the molecule is COCCNC(=O)/C(C#N)=C/c1ccc(OC(=O)/C=C/c2ccc(OCCC(C)C)c(OC)c2)cc1. The summed E-state index contributed by atoms with van der Waals surface area (Å²) >= 11 is 0. The third kappa shape index (κ3) is 9.65. The molecule has 1 amide bonds. The topological polar surface area (TPSA) is 107 Å². The van der Waals surface area contributed by atoms with Crippen LogP contribution in [0.2, 0.25) is 0 Å². The summed E-state index contributed by atoms with van der Waals surface area (Å²) in [6.45, 7) is 5.53. The second-order valence-electron chi connectivity index (χ2n) is 8.18. The number of nitriles is 1.